The van der Waals surface area contributed by atoms with Crippen molar-refractivity contribution in [1.29, 1.82) is 0 Å². The van der Waals surface area contributed by atoms with Crippen LogP contribution in [-0.2, 0) is 7.05 Å². The zero-order valence-corrected chi connectivity index (χ0v) is 10.5. The van der Waals surface area contributed by atoms with E-state index >= 15 is 0 Å². The van der Waals surface area contributed by atoms with Gasteiger partial charge >= 0.3 is 0 Å². The predicted molar refractivity (Wildman–Crippen MR) is 64.7 cm³/mol. The molecule has 0 saturated carbocycles. The maximum Gasteiger partial charge on any atom is 0.274 e. The largest absolute Gasteiger partial charge is 0.444 e. The van der Waals surface area contributed by atoms with Crippen LogP contribution >= 0.6 is 0 Å². The zero-order chi connectivity index (χ0) is 13.3. The maximum absolute atomic E-state index is 11.9. The first-order valence-electron chi connectivity index (χ1n) is 5.49. The number of carbonyl (C=O) groups is 1. The van der Waals surface area contributed by atoms with Gasteiger partial charge in [0.05, 0.1) is 11.9 Å². The minimum Gasteiger partial charge on any atom is -0.444 e. The van der Waals surface area contributed by atoms with Crippen molar-refractivity contribution in [3.8, 4) is 0 Å². The van der Waals surface area contributed by atoms with E-state index in [1.807, 2.05) is 0 Å². The van der Waals surface area contributed by atoms with Crippen LogP contribution in [0.4, 0.5) is 5.69 Å². The van der Waals surface area contributed by atoms with Gasteiger partial charge in [0.1, 0.15) is 11.8 Å². The number of nitrogens with zero attached hydrogens (tertiary/aromatic N) is 3. The summed E-state index contributed by atoms with van der Waals surface area (Å²) in [6.07, 6.45) is 3.18. The fourth-order valence-electron chi connectivity index (χ4n) is 1.58. The summed E-state index contributed by atoms with van der Waals surface area (Å²) >= 11 is 0. The van der Waals surface area contributed by atoms with Crippen molar-refractivity contribution in [2.45, 2.75) is 19.9 Å². The van der Waals surface area contributed by atoms with Gasteiger partial charge in [0.15, 0.2) is 5.69 Å². The number of carbonyl (C=O) groups excluding carboxylic acids is 1. The molecule has 7 nitrogen and oxygen atoms in total. The van der Waals surface area contributed by atoms with Gasteiger partial charge in [0, 0.05) is 13.2 Å². The van der Waals surface area contributed by atoms with Crippen molar-refractivity contribution in [3.63, 3.8) is 0 Å². The molecule has 7 heteroatoms. The van der Waals surface area contributed by atoms with Gasteiger partial charge in [0.2, 0.25) is 5.89 Å². The monoisotopic (exact) mass is 249 g/mol. The molecule has 0 aromatic carbocycles. The molecule has 2 aromatic heterocycles. The molecule has 0 saturated heterocycles. The van der Waals surface area contributed by atoms with Gasteiger partial charge in [-0.1, -0.05) is 0 Å². The Morgan fingerprint density at radius 1 is 1.61 bits per heavy atom. The van der Waals surface area contributed by atoms with E-state index in [1.165, 1.54) is 4.68 Å². The number of amides is 1. The van der Waals surface area contributed by atoms with Crippen LogP contribution in [0.15, 0.2) is 16.8 Å². The van der Waals surface area contributed by atoms with Crippen LogP contribution in [0.5, 0.6) is 0 Å². The van der Waals surface area contributed by atoms with Crippen LogP contribution in [0.25, 0.3) is 0 Å². The third kappa shape index (κ3) is 2.34. The number of nitrogens with one attached hydrogen (secondary N) is 1. The van der Waals surface area contributed by atoms with Gasteiger partial charge in [-0.25, -0.2) is 4.98 Å². The lowest BCUT2D eigenvalue weighted by molar-refractivity contribution is 0.0929. The van der Waals surface area contributed by atoms with E-state index in [9.17, 15) is 4.79 Å². The quantitative estimate of drug-likeness (QED) is 0.837. The van der Waals surface area contributed by atoms with Crippen molar-refractivity contribution in [1.82, 2.24) is 20.1 Å². The van der Waals surface area contributed by atoms with Gasteiger partial charge in [-0.15, -0.1) is 0 Å². The Bertz CT molecular complexity index is 572. The highest BCUT2D eigenvalue weighted by atomic mass is 16.4. The Hall–Kier alpha value is -2.31. The molecule has 1 unspecified atom stereocenters. The van der Waals surface area contributed by atoms with E-state index in [-0.39, 0.29) is 17.6 Å². The molecule has 96 valence electrons. The second kappa shape index (κ2) is 4.52. The van der Waals surface area contributed by atoms with E-state index in [0.29, 0.717) is 17.3 Å². The maximum atomic E-state index is 11.9. The second-order valence-corrected chi connectivity index (χ2v) is 4.11. The number of aromatic nitrogens is 3. The third-order valence-corrected chi connectivity index (χ3v) is 2.43. The number of aryl methyl sites for hydroxylation is 2. The minimum atomic E-state index is -0.351. The first kappa shape index (κ1) is 12.2. The first-order valence-corrected chi connectivity index (χ1v) is 5.49. The van der Waals surface area contributed by atoms with Crippen LogP contribution in [0.2, 0.25) is 0 Å². The highest BCUT2D eigenvalue weighted by Gasteiger charge is 2.19. The molecule has 0 spiro atoms. The van der Waals surface area contributed by atoms with Crippen molar-refractivity contribution in [2.75, 3.05) is 5.73 Å². The lowest BCUT2D eigenvalue weighted by atomic mass is 10.3. The molecule has 2 aromatic rings. The molecular formula is C11H15N5O2. The molecule has 0 aliphatic carbocycles. The molecular weight excluding hydrogens is 234 g/mol. The molecule has 0 aliphatic rings. The molecule has 0 aliphatic heterocycles. The van der Waals surface area contributed by atoms with Crippen molar-refractivity contribution >= 4 is 11.6 Å². The normalized spacial score (nSPS) is 12.4. The van der Waals surface area contributed by atoms with Gasteiger partial charge < -0.3 is 15.5 Å². The highest BCUT2D eigenvalue weighted by Crippen LogP contribution is 2.14. The van der Waals surface area contributed by atoms with E-state index < -0.39 is 0 Å². The zero-order valence-electron chi connectivity index (χ0n) is 10.5. The molecule has 0 radical (unpaired) electrons. The van der Waals surface area contributed by atoms with Gasteiger partial charge in [-0.3, -0.25) is 9.48 Å². The topological polar surface area (TPSA) is 99.0 Å². The Morgan fingerprint density at radius 2 is 2.33 bits per heavy atom. The number of anilines is 1. The molecule has 1 amide bonds. The van der Waals surface area contributed by atoms with Gasteiger partial charge in [-0.05, 0) is 13.8 Å². The summed E-state index contributed by atoms with van der Waals surface area (Å²) in [6, 6.07) is -0.340. The number of hydrogen-bond acceptors (Lipinski definition) is 5. The van der Waals surface area contributed by atoms with Gasteiger partial charge in [0.25, 0.3) is 5.91 Å². The standard InChI is InChI=1S/C11H15N5O2/c1-6-4-13-11(18-6)7(2)14-10(17)9-8(12)5-16(3)15-9/h4-5,7H,12H2,1-3H3,(H,14,17). The number of oxazole rings is 1. The highest BCUT2D eigenvalue weighted by molar-refractivity contribution is 5.97. The van der Waals surface area contributed by atoms with Crippen LogP contribution in [0.1, 0.15) is 35.1 Å². The Balaban J connectivity index is 2.10. The number of rotatable bonds is 3. The lowest BCUT2D eigenvalue weighted by Crippen LogP contribution is -2.28. The number of nitrogens with two attached hydrogens (primary N) is 1. The van der Waals surface area contributed by atoms with E-state index in [2.05, 4.69) is 15.4 Å². The summed E-state index contributed by atoms with van der Waals surface area (Å²) in [7, 11) is 1.70. The van der Waals surface area contributed by atoms with Gasteiger partial charge in [-0.2, -0.15) is 5.10 Å². The fourth-order valence-corrected chi connectivity index (χ4v) is 1.58. The summed E-state index contributed by atoms with van der Waals surface area (Å²) in [5.74, 6) is 0.801. The molecule has 18 heavy (non-hydrogen) atoms. The van der Waals surface area contributed by atoms with Crippen molar-refractivity contribution in [3.05, 3.63) is 29.7 Å². The Morgan fingerprint density at radius 3 is 2.83 bits per heavy atom. The SMILES string of the molecule is Cc1cnc(C(C)NC(=O)c2nn(C)cc2N)o1. The number of hydrogen-bond donors (Lipinski definition) is 2. The second-order valence-electron chi connectivity index (χ2n) is 4.11. The molecule has 2 rings (SSSR count). The smallest absolute Gasteiger partial charge is 0.274 e. The molecule has 1 atom stereocenters. The number of nitrogen functional groups attached to an aromatic ring is 1. The average Bonchev–Trinajstić information content (AvgIpc) is 2.84. The van der Waals surface area contributed by atoms with Crippen LogP contribution in [-0.4, -0.2) is 20.7 Å². The van der Waals surface area contributed by atoms with Crippen LogP contribution < -0.4 is 11.1 Å². The molecule has 0 bridgehead atoms. The predicted octanol–water partition coefficient (Wildman–Crippen LogP) is 0.790. The van der Waals surface area contributed by atoms with Crippen LogP contribution in [0.3, 0.4) is 0 Å². The van der Waals surface area contributed by atoms with Crippen LogP contribution in [0, 0.1) is 6.92 Å². The molecule has 3 N–H and O–H groups in total. The summed E-state index contributed by atoms with van der Waals surface area (Å²) in [4.78, 5) is 16.0. The lowest BCUT2D eigenvalue weighted by Gasteiger charge is -2.09. The average molecular weight is 249 g/mol. The fraction of sp³-hybridized carbons (Fsp3) is 0.364. The van der Waals surface area contributed by atoms with Crippen molar-refractivity contribution in [2.24, 2.45) is 7.05 Å². The molecule has 0 fully saturated rings. The third-order valence-electron chi connectivity index (χ3n) is 2.43. The Labute approximate surface area is 104 Å². The first-order chi connectivity index (χ1) is 8.47. The Kier molecular flexibility index (Phi) is 3.05. The van der Waals surface area contributed by atoms with E-state index in [4.69, 9.17) is 10.2 Å². The van der Waals surface area contributed by atoms with Crippen molar-refractivity contribution < 1.29 is 9.21 Å². The molecule has 2 heterocycles. The summed E-state index contributed by atoms with van der Waals surface area (Å²) in [5.41, 5.74) is 6.22. The minimum absolute atomic E-state index is 0.202. The van der Waals surface area contributed by atoms with E-state index in [1.54, 1.807) is 33.3 Å². The summed E-state index contributed by atoms with van der Waals surface area (Å²) in [6.45, 7) is 3.57. The van der Waals surface area contributed by atoms with E-state index in [0.717, 1.165) is 0 Å². The summed E-state index contributed by atoms with van der Waals surface area (Å²) in [5, 5.41) is 6.72. The summed E-state index contributed by atoms with van der Waals surface area (Å²) < 4.78 is 6.83.